The number of aliphatic hydroxyl groups is 2. The van der Waals surface area contributed by atoms with E-state index in [2.05, 4.69) is 0 Å². The number of aromatic hydroxyl groups is 2. The maximum absolute atomic E-state index is 13.6. The third-order valence-electron chi connectivity index (χ3n) is 7.80. The Morgan fingerprint density at radius 2 is 1.82 bits per heavy atom. The number of hydrogen-bond donors (Lipinski definition) is 5. The van der Waals surface area contributed by atoms with Gasteiger partial charge in [0.05, 0.1) is 42.1 Å². The Bertz CT molecular complexity index is 1360. The predicted molar refractivity (Wildman–Crippen MR) is 130 cm³/mol. The molecule has 1 fully saturated rings. The van der Waals surface area contributed by atoms with Gasteiger partial charge in [0.15, 0.2) is 17.9 Å². The molecule has 11 nitrogen and oxygen atoms in total. The number of nitrogens with two attached hydrogens (primary N) is 1. The molecule has 0 saturated carbocycles. The number of phenols is 2. The first-order valence-corrected chi connectivity index (χ1v) is 12.2. The summed E-state index contributed by atoms with van der Waals surface area (Å²) >= 11 is 0. The summed E-state index contributed by atoms with van der Waals surface area (Å²) in [5, 5.41) is 44.1. The van der Waals surface area contributed by atoms with Crippen molar-refractivity contribution in [1.29, 1.82) is 0 Å². The van der Waals surface area contributed by atoms with Gasteiger partial charge in [-0.3, -0.25) is 14.4 Å². The molecular weight excluding hydrogens is 498 g/mol. The van der Waals surface area contributed by atoms with Gasteiger partial charge in [0.25, 0.3) is 0 Å². The van der Waals surface area contributed by atoms with Crippen LogP contribution in [0.1, 0.15) is 75.8 Å². The Morgan fingerprint density at radius 1 is 1.13 bits per heavy atom. The van der Waals surface area contributed by atoms with Gasteiger partial charge in [-0.2, -0.15) is 0 Å². The molecule has 0 spiro atoms. The van der Waals surface area contributed by atoms with Crippen LogP contribution >= 0.6 is 0 Å². The summed E-state index contributed by atoms with van der Waals surface area (Å²) < 4.78 is 17.1. The molecule has 5 rings (SSSR count). The van der Waals surface area contributed by atoms with E-state index in [1.54, 1.807) is 6.92 Å². The van der Waals surface area contributed by atoms with Gasteiger partial charge in [-0.05, 0) is 19.9 Å². The third kappa shape index (κ3) is 3.81. The van der Waals surface area contributed by atoms with E-state index >= 15 is 0 Å². The minimum atomic E-state index is -2.00. The third-order valence-corrected chi connectivity index (χ3v) is 7.80. The van der Waals surface area contributed by atoms with Crippen molar-refractivity contribution in [2.24, 2.45) is 5.73 Å². The number of carbonyl (C=O) groups excluding carboxylic acids is 3. The van der Waals surface area contributed by atoms with Crippen molar-refractivity contribution < 1.29 is 49.0 Å². The van der Waals surface area contributed by atoms with Crippen molar-refractivity contribution in [2.45, 2.75) is 69.4 Å². The van der Waals surface area contributed by atoms with Gasteiger partial charge in [-0.1, -0.05) is 12.1 Å². The summed E-state index contributed by atoms with van der Waals surface area (Å²) in [6, 6.07) is 3.75. The van der Waals surface area contributed by atoms with Crippen LogP contribution < -0.4 is 10.5 Å². The second-order valence-corrected chi connectivity index (χ2v) is 10.1. The molecule has 2 aromatic rings. The van der Waals surface area contributed by atoms with Gasteiger partial charge < -0.3 is 40.4 Å². The predicted octanol–water partition coefficient (Wildman–Crippen LogP) is 1.03. The molecule has 11 heteroatoms. The fourth-order valence-electron chi connectivity index (χ4n) is 5.66. The minimum Gasteiger partial charge on any atom is -0.507 e. The largest absolute Gasteiger partial charge is 0.507 e. The van der Waals surface area contributed by atoms with Gasteiger partial charge in [0, 0.05) is 42.0 Å². The number of hydrogen-bond acceptors (Lipinski definition) is 11. The zero-order valence-electron chi connectivity index (χ0n) is 21.1. The molecule has 1 unspecified atom stereocenters. The van der Waals surface area contributed by atoms with Gasteiger partial charge >= 0.3 is 0 Å². The van der Waals surface area contributed by atoms with E-state index in [1.807, 2.05) is 0 Å². The minimum absolute atomic E-state index is 0.0147. The SMILES string of the molecule is COc1cccc2c1C(=O)c1c(O)c3c(c(O)c1C2=O)C[C@@](O)(C(C)=O)CC3O[C@H]1C[C@H](N)[C@H](O)[C@H](C)O1. The van der Waals surface area contributed by atoms with Crippen molar-refractivity contribution in [3.8, 4) is 17.2 Å². The molecule has 2 aromatic carbocycles. The molecule has 0 bridgehead atoms. The molecule has 0 amide bonds. The summed E-state index contributed by atoms with van der Waals surface area (Å²) in [5.41, 5.74) is 2.97. The van der Waals surface area contributed by atoms with E-state index in [9.17, 15) is 34.8 Å². The van der Waals surface area contributed by atoms with Crippen LogP contribution in [0.15, 0.2) is 18.2 Å². The normalized spacial score (nSPS) is 30.3. The molecule has 202 valence electrons. The Morgan fingerprint density at radius 3 is 2.45 bits per heavy atom. The number of aliphatic hydroxyl groups excluding tert-OH is 1. The van der Waals surface area contributed by atoms with Crippen molar-refractivity contribution in [3.05, 3.63) is 51.6 Å². The number of Topliss-reactive ketones (excluding diaryl/α,β-unsaturated/α-hetero) is 1. The molecule has 1 aliphatic heterocycles. The molecule has 1 saturated heterocycles. The summed E-state index contributed by atoms with van der Waals surface area (Å²) in [7, 11) is 1.34. The summed E-state index contributed by atoms with van der Waals surface area (Å²) in [6.45, 7) is 2.79. The molecular formula is C27H29NO10. The average Bonchev–Trinajstić information content (AvgIpc) is 2.87. The highest BCUT2D eigenvalue weighted by Gasteiger charge is 2.49. The maximum atomic E-state index is 13.6. The standard InChI is InChI=1S/C27H29NO10/c1-10-22(30)14(28)7-17(37-10)38-16-9-27(35,11(2)29)8-13-19(16)26(34)21-20(24(13)32)23(31)12-5-4-6-15(36-3)18(12)25(21)33/h4-6,10,14,16-17,22,30,32,34-35H,7-9,28H2,1-3H3/t10-,14-,16?,17-,22+,27-/m0/s1. The summed E-state index contributed by atoms with van der Waals surface area (Å²) in [5.74, 6) is -3.18. The van der Waals surface area contributed by atoms with Crippen LogP contribution in [0.2, 0.25) is 0 Å². The van der Waals surface area contributed by atoms with Crippen molar-refractivity contribution in [3.63, 3.8) is 0 Å². The first kappa shape index (κ1) is 26.3. The number of carbonyl (C=O) groups is 3. The van der Waals surface area contributed by atoms with Gasteiger partial charge in [-0.25, -0.2) is 0 Å². The molecule has 6 N–H and O–H groups in total. The van der Waals surface area contributed by atoms with E-state index in [4.69, 9.17) is 19.9 Å². The zero-order chi connectivity index (χ0) is 27.7. The average molecular weight is 528 g/mol. The van der Waals surface area contributed by atoms with E-state index in [0.29, 0.717) is 0 Å². The van der Waals surface area contributed by atoms with E-state index in [-0.39, 0.29) is 40.8 Å². The highest BCUT2D eigenvalue weighted by molar-refractivity contribution is 6.31. The molecule has 0 radical (unpaired) electrons. The lowest BCUT2D eigenvalue weighted by Gasteiger charge is -2.42. The van der Waals surface area contributed by atoms with Crippen LogP contribution in [-0.2, 0) is 20.7 Å². The summed E-state index contributed by atoms with van der Waals surface area (Å²) in [6.07, 6.45) is -4.53. The number of ketones is 3. The quantitative estimate of drug-likeness (QED) is 0.305. The number of ether oxygens (including phenoxy) is 3. The Hall–Kier alpha value is -3.35. The fraction of sp³-hybridized carbons (Fsp3) is 0.444. The van der Waals surface area contributed by atoms with Crippen LogP contribution in [0, 0.1) is 0 Å². The number of phenolic OH excluding ortho intramolecular Hbond substituents is 2. The van der Waals surface area contributed by atoms with Crippen LogP contribution in [0.25, 0.3) is 0 Å². The highest BCUT2D eigenvalue weighted by Crippen LogP contribution is 2.52. The van der Waals surface area contributed by atoms with Crippen LogP contribution in [0.5, 0.6) is 17.2 Å². The molecule has 2 aliphatic carbocycles. The second kappa shape index (κ2) is 9.14. The maximum Gasteiger partial charge on any atom is 0.202 e. The monoisotopic (exact) mass is 527 g/mol. The molecule has 3 aliphatic rings. The zero-order valence-corrected chi connectivity index (χ0v) is 21.1. The van der Waals surface area contributed by atoms with Crippen molar-refractivity contribution in [1.82, 2.24) is 0 Å². The lowest BCUT2D eigenvalue weighted by molar-refractivity contribution is -0.247. The van der Waals surface area contributed by atoms with Crippen molar-refractivity contribution >= 4 is 17.3 Å². The van der Waals surface area contributed by atoms with Gasteiger partial charge in [0.1, 0.15) is 22.8 Å². The lowest BCUT2D eigenvalue weighted by atomic mass is 9.72. The lowest BCUT2D eigenvalue weighted by Crippen LogP contribution is -2.52. The van der Waals surface area contributed by atoms with Gasteiger partial charge in [0.2, 0.25) is 5.78 Å². The van der Waals surface area contributed by atoms with E-state index in [1.165, 1.54) is 32.2 Å². The first-order chi connectivity index (χ1) is 17.9. The second-order valence-electron chi connectivity index (χ2n) is 10.1. The van der Waals surface area contributed by atoms with Crippen LogP contribution in [-0.4, -0.2) is 75.0 Å². The van der Waals surface area contributed by atoms with Gasteiger partial charge in [-0.15, -0.1) is 0 Å². The molecule has 1 heterocycles. The van der Waals surface area contributed by atoms with E-state index in [0.717, 1.165) is 0 Å². The highest BCUT2D eigenvalue weighted by atomic mass is 16.7. The number of rotatable bonds is 4. The van der Waals surface area contributed by atoms with Crippen molar-refractivity contribution in [2.75, 3.05) is 7.11 Å². The summed E-state index contributed by atoms with van der Waals surface area (Å²) in [4.78, 5) is 39.6. The number of fused-ring (bicyclic) bond motifs is 3. The van der Waals surface area contributed by atoms with E-state index < -0.39 is 82.6 Å². The first-order valence-electron chi connectivity index (χ1n) is 12.2. The smallest absolute Gasteiger partial charge is 0.202 e. The Balaban J connectivity index is 1.68. The number of benzene rings is 2. The Labute approximate surface area is 217 Å². The number of methoxy groups -OCH3 is 1. The molecule has 38 heavy (non-hydrogen) atoms. The van der Waals surface area contributed by atoms with Crippen LogP contribution in [0.4, 0.5) is 0 Å². The molecule has 6 atom stereocenters. The topological polar surface area (TPSA) is 186 Å². The fourth-order valence-corrected chi connectivity index (χ4v) is 5.66. The Kier molecular flexibility index (Phi) is 6.32. The van der Waals surface area contributed by atoms with Crippen LogP contribution in [0.3, 0.4) is 0 Å². The molecule has 0 aromatic heterocycles.